The van der Waals surface area contributed by atoms with Gasteiger partial charge in [-0.15, -0.1) is 0 Å². The van der Waals surface area contributed by atoms with Gasteiger partial charge in [0.2, 0.25) is 5.91 Å². The number of carbonyl (C=O) groups is 2. The summed E-state index contributed by atoms with van der Waals surface area (Å²) >= 11 is 9.50. The molecule has 0 radical (unpaired) electrons. The molecule has 1 aliphatic heterocycles. The van der Waals surface area contributed by atoms with Crippen LogP contribution < -0.4 is 5.32 Å². The van der Waals surface area contributed by atoms with Crippen molar-refractivity contribution in [2.75, 3.05) is 20.3 Å². The van der Waals surface area contributed by atoms with Crippen LogP contribution in [-0.2, 0) is 14.3 Å². The highest BCUT2D eigenvalue weighted by atomic mass is 79.9. The first kappa shape index (κ1) is 20.0. The van der Waals surface area contributed by atoms with Gasteiger partial charge in [0.1, 0.15) is 11.6 Å². The number of ether oxygens (including phenoxy) is 2. The fourth-order valence-corrected chi connectivity index (χ4v) is 3.48. The molecular formula is C17H22BrClN2O4. The second-order valence-corrected chi connectivity index (χ2v) is 8.22. The highest BCUT2D eigenvalue weighted by molar-refractivity contribution is 9.10. The van der Waals surface area contributed by atoms with Crippen LogP contribution in [0, 0.1) is 0 Å². The first-order chi connectivity index (χ1) is 11.6. The molecule has 0 aromatic heterocycles. The first-order valence-corrected chi connectivity index (χ1v) is 9.02. The van der Waals surface area contributed by atoms with Gasteiger partial charge in [-0.3, -0.25) is 9.69 Å². The van der Waals surface area contributed by atoms with Gasteiger partial charge >= 0.3 is 6.09 Å². The molecule has 2 rings (SSSR count). The summed E-state index contributed by atoms with van der Waals surface area (Å²) in [6.45, 7) is 5.71. The van der Waals surface area contributed by atoms with Crippen molar-refractivity contribution in [3.8, 4) is 0 Å². The van der Waals surface area contributed by atoms with Crippen LogP contribution >= 0.6 is 27.5 Å². The predicted octanol–water partition coefficient (Wildman–Crippen LogP) is 3.53. The highest BCUT2D eigenvalue weighted by Crippen LogP contribution is 2.28. The zero-order valence-corrected chi connectivity index (χ0v) is 17.0. The van der Waals surface area contributed by atoms with E-state index in [4.69, 9.17) is 21.1 Å². The van der Waals surface area contributed by atoms with Crippen LogP contribution in [-0.4, -0.2) is 48.8 Å². The maximum atomic E-state index is 12.6. The Morgan fingerprint density at radius 3 is 2.64 bits per heavy atom. The van der Waals surface area contributed by atoms with Gasteiger partial charge in [0.25, 0.3) is 0 Å². The van der Waals surface area contributed by atoms with E-state index in [2.05, 4.69) is 21.2 Å². The van der Waals surface area contributed by atoms with Gasteiger partial charge in [-0.25, -0.2) is 4.79 Å². The second-order valence-electron chi connectivity index (χ2n) is 6.87. The molecule has 8 heteroatoms. The van der Waals surface area contributed by atoms with E-state index in [9.17, 15) is 9.59 Å². The van der Waals surface area contributed by atoms with Crippen molar-refractivity contribution >= 4 is 39.5 Å². The molecule has 0 unspecified atom stereocenters. The molecule has 1 saturated heterocycles. The number of amides is 2. The topological polar surface area (TPSA) is 67.9 Å². The first-order valence-electron chi connectivity index (χ1n) is 7.85. The molecule has 0 aliphatic carbocycles. The number of nitrogens with zero attached hydrogens (tertiary/aromatic N) is 1. The average Bonchev–Trinajstić information content (AvgIpc) is 2.46. The molecule has 1 aliphatic rings. The fourth-order valence-electron chi connectivity index (χ4n) is 2.59. The van der Waals surface area contributed by atoms with E-state index in [1.165, 1.54) is 12.0 Å². The number of nitrogens with one attached hydrogen (secondary N) is 1. The Bertz CT molecular complexity index is 642. The molecule has 1 N–H and O–H groups in total. The number of carbonyl (C=O) groups excluding carboxylic acids is 2. The molecule has 1 aromatic rings. The minimum absolute atomic E-state index is 0.0943. The van der Waals surface area contributed by atoms with Crippen molar-refractivity contribution in [1.29, 1.82) is 0 Å². The average molecular weight is 434 g/mol. The summed E-state index contributed by atoms with van der Waals surface area (Å²) in [6, 6.07) is 4.26. The summed E-state index contributed by atoms with van der Waals surface area (Å²) in [5.41, 5.74) is 0.147. The summed E-state index contributed by atoms with van der Waals surface area (Å²) in [5.74, 6) is -0.292. The van der Waals surface area contributed by atoms with Crippen molar-refractivity contribution in [2.45, 2.75) is 38.5 Å². The zero-order valence-electron chi connectivity index (χ0n) is 14.6. The number of halogens is 2. The summed E-state index contributed by atoms with van der Waals surface area (Å²) in [4.78, 5) is 26.5. The van der Waals surface area contributed by atoms with Gasteiger partial charge in [-0.05, 0) is 44.5 Å². The predicted molar refractivity (Wildman–Crippen MR) is 98.6 cm³/mol. The van der Waals surface area contributed by atoms with Gasteiger partial charge in [-0.1, -0.05) is 27.5 Å². The van der Waals surface area contributed by atoms with E-state index in [1.54, 1.807) is 32.9 Å². The number of piperazine rings is 1. The maximum Gasteiger partial charge on any atom is 0.411 e. The lowest BCUT2D eigenvalue weighted by atomic mass is 10.0. The smallest absolute Gasteiger partial charge is 0.411 e. The van der Waals surface area contributed by atoms with Gasteiger partial charge in [-0.2, -0.15) is 0 Å². The van der Waals surface area contributed by atoms with Crippen LogP contribution in [0.3, 0.4) is 0 Å². The zero-order chi connectivity index (χ0) is 18.8. The molecule has 2 amide bonds. The van der Waals surface area contributed by atoms with Crippen LogP contribution in [0.5, 0.6) is 0 Å². The van der Waals surface area contributed by atoms with E-state index in [0.717, 1.165) is 10.0 Å². The molecule has 1 aromatic carbocycles. The molecule has 0 bridgehead atoms. The highest BCUT2D eigenvalue weighted by Gasteiger charge is 2.40. The second kappa shape index (κ2) is 7.93. The summed E-state index contributed by atoms with van der Waals surface area (Å²) in [7, 11) is 1.49. The van der Waals surface area contributed by atoms with E-state index in [1.807, 2.05) is 6.07 Å². The van der Waals surface area contributed by atoms with Gasteiger partial charge < -0.3 is 14.8 Å². The third kappa shape index (κ3) is 5.33. The Labute approximate surface area is 160 Å². The number of hydrogen-bond donors (Lipinski definition) is 1. The molecule has 2 atom stereocenters. The Hall–Kier alpha value is -1.31. The van der Waals surface area contributed by atoms with Crippen LogP contribution in [0.15, 0.2) is 22.7 Å². The van der Waals surface area contributed by atoms with Crippen LogP contribution in [0.25, 0.3) is 0 Å². The number of rotatable bonds is 3. The van der Waals surface area contributed by atoms with Crippen molar-refractivity contribution in [3.05, 3.63) is 33.3 Å². The number of benzene rings is 1. The quantitative estimate of drug-likeness (QED) is 0.792. The molecule has 1 heterocycles. The van der Waals surface area contributed by atoms with E-state index in [-0.39, 0.29) is 25.1 Å². The van der Waals surface area contributed by atoms with Gasteiger partial charge in [0.15, 0.2) is 0 Å². The summed E-state index contributed by atoms with van der Waals surface area (Å²) in [5, 5.41) is 3.46. The monoisotopic (exact) mass is 432 g/mol. The molecule has 0 saturated carbocycles. The lowest BCUT2D eigenvalue weighted by Crippen LogP contribution is -2.60. The fraction of sp³-hybridized carbons (Fsp3) is 0.529. The molecule has 138 valence electrons. The third-order valence-electron chi connectivity index (χ3n) is 3.61. The van der Waals surface area contributed by atoms with E-state index >= 15 is 0 Å². The van der Waals surface area contributed by atoms with Crippen molar-refractivity contribution in [2.24, 2.45) is 0 Å². The number of methoxy groups -OCH3 is 1. The minimum Gasteiger partial charge on any atom is -0.444 e. The Morgan fingerprint density at radius 1 is 1.40 bits per heavy atom. The van der Waals surface area contributed by atoms with Crippen molar-refractivity contribution in [1.82, 2.24) is 10.2 Å². The molecule has 1 fully saturated rings. The molecule has 0 spiro atoms. The maximum absolute atomic E-state index is 12.6. The van der Waals surface area contributed by atoms with E-state index < -0.39 is 17.7 Å². The van der Waals surface area contributed by atoms with Crippen molar-refractivity contribution in [3.63, 3.8) is 0 Å². The number of hydrogen-bond acceptors (Lipinski definition) is 4. The van der Waals surface area contributed by atoms with E-state index in [0.29, 0.717) is 5.02 Å². The van der Waals surface area contributed by atoms with Gasteiger partial charge in [0, 0.05) is 23.1 Å². The molecular weight excluding hydrogens is 412 g/mol. The Morgan fingerprint density at radius 2 is 2.08 bits per heavy atom. The van der Waals surface area contributed by atoms with Crippen LogP contribution in [0.4, 0.5) is 4.79 Å². The summed E-state index contributed by atoms with van der Waals surface area (Å²) in [6.07, 6.45) is -0.546. The molecule has 6 nitrogen and oxygen atoms in total. The Balaban J connectivity index is 2.29. The van der Waals surface area contributed by atoms with Crippen molar-refractivity contribution < 1.29 is 19.1 Å². The largest absolute Gasteiger partial charge is 0.444 e. The normalized spacial score (nSPS) is 21.0. The van der Waals surface area contributed by atoms with Gasteiger partial charge in [0.05, 0.1) is 12.6 Å². The summed E-state index contributed by atoms with van der Waals surface area (Å²) < 4.78 is 11.4. The SMILES string of the molecule is COC[C@H]1C(=O)N[C@H](c2cc(Cl)cc(Br)c2)CN1C(=O)OC(C)(C)C. The minimum atomic E-state index is -0.737. The Kier molecular flexibility index (Phi) is 6.35. The lowest BCUT2D eigenvalue weighted by molar-refractivity contribution is -0.132. The lowest BCUT2D eigenvalue weighted by Gasteiger charge is -2.39. The van der Waals surface area contributed by atoms with Crippen LogP contribution in [0.1, 0.15) is 32.4 Å². The van der Waals surface area contributed by atoms with Crippen LogP contribution in [0.2, 0.25) is 5.02 Å². The molecule has 25 heavy (non-hydrogen) atoms. The standard InChI is InChI=1S/C17H22BrClN2O4/c1-17(2,3)25-16(23)21-8-13(20-15(22)14(21)9-24-4)10-5-11(18)7-12(19)6-10/h5-7,13-14H,8-9H2,1-4H3,(H,20,22)/t13-,14-/m0/s1. The third-order valence-corrected chi connectivity index (χ3v) is 4.29.